The minimum atomic E-state index is -0.215. The van der Waals surface area contributed by atoms with Crippen molar-refractivity contribution in [2.45, 2.75) is 46.5 Å². The maximum absolute atomic E-state index is 12.0. The van der Waals surface area contributed by atoms with E-state index in [0.29, 0.717) is 18.1 Å². The first-order valence-electron chi connectivity index (χ1n) is 8.24. The van der Waals surface area contributed by atoms with Crippen molar-refractivity contribution in [3.8, 4) is 0 Å². The Morgan fingerprint density at radius 2 is 1.95 bits per heavy atom. The van der Waals surface area contributed by atoms with Gasteiger partial charge >= 0.3 is 5.97 Å². The molecule has 0 aliphatic heterocycles. The largest absolute Gasteiger partial charge is 0.462 e. The summed E-state index contributed by atoms with van der Waals surface area (Å²) in [6.07, 6.45) is 10.3. The number of carbonyl (C=O) groups is 1. The molecule has 0 N–H and O–H groups in total. The van der Waals surface area contributed by atoms with Crippen LogP contribution in [-0.4, -0.2) is 12.6 Å². The molecule has 0 amide bonds. The average Bonchev–Trinajstić information content (AvgIpc) is 2.55. The van der Waals surface area contributed by atoms with Crippen molar-refractivity contribution in [2.24, 2.45) is 5.92 Å². The molecule has 1 rings (SSSR count). The van der Waals surface area contributed by atoms with Crippen LogP contribution in [0.1, 0.15) is 52.0 Å². The van der Waals surface area contributed by atoms with Crippen LogP contribution in [0.2, 0.25) is 0 Å². The molecule has 22 heavy (non-hydrogen) atoms. The third kappa shape index (κ3) is 7.26. The Hall–Kier alpha value is -1.83. The van der Waals surface area contributed by atoms with Gasteiger partial charge in [-0.05, 0) is 24.8 Å². The van der Waals surface area contributed by atoms with Gasteiger partial charge in [0.1, 0.15) is 0 Å². The molecule has 1 unspecified atom stereocenters. The number of ether oxygens (including phenoxy) is 1. The Morgan fingerprint density at radius 1 is 1.23 bits per heavy atom. The monoisotopic (exact) mass is 300 g/mol. The lowest BCUT2D eigenvalue weighted by Crippen LogP contribution is -2.14. The SMILES string of the molecule is CCCCC(CC)COC(=O)C(C)=CC=Cc1ccccc1. The molecular weight excluding hydrogens is 272 g/mol. The lowest BCUT2D eigenvalue weighted by atomic mass is 10.0. The van der Waals surface area contributed by atoms with Crippen molar-refractivity contribution < 1.29 is 9.53 Å². The van der Waals surface area contributed by atoms with E-state index in [1.807, 2.05) is 48.6 Å². The first-order valence-corrected chi connectivity index (χ1v) is 8.24. The number of esters is 1. The standard InChI is InChI=1S/C20H28O2/c1-4-6-12-18(5-2)16-22-20(21)17(3)11-10-15-19-13-8-7-9-14-19/h7-11,13-15,18H,4-6,12,16H2,1-3H3. The summed E-state index contributed by atoms with van der Waals surface area (Å²) < 4.78 is 5.42. The van der Waals surface area contributed by atoms with Crippen molar-refractivity contribution in [1.82, 2.24) is 0 Å². The Labute approximate surface area is 134 Å². The lowest BCUT2D eigenvalue weighted by molar-refractivity contribution is -0.140. The molecule has 0 saturated heterocycles. The second-order valence-corrected chi connectivity index (χ2v) is 5.63. The van der Waals surface area contributed by atoms with E-state index >= 15 is 0 Å². The molecule has 120 valence electrons. The van der Waals surface area contributed by atoms with Gasteiger partial charge in [-0.25, -0.2) is 4.79 Å². The number of unbranched alkanes of at least 4 members (excludes halogenated alkanes) is 1. The second-order valence-electron chi connectivity index (χ2n) is 5.63. The van der Waals surface area contributed by atoms with Crippen LogP contribution in [0.4, 0.5) is 0 Å². The smallest absolute Gasteiger partial charge is 0.333 e. The molecule has 1 aromatic rings. The quantitative estimate of drug-likeness (QED) is 0.346. The second kappa shape index (κ2) is 10.8. The van der Waals surface area contributed by atoms with Crippen molar-refractivity contribution in [3.05, 3.63) is 53.6 Å². The zero-order valence-corrected chi connectivity index (χ0v) is 14.0. The predicted octanol–water partition coefficient (Wildman–Crippen LogP) is 5.41. The van der Waals surface area contributed by atoms with Crippen molar-refractivity contribution >= 4 is 12.0 Å². The van der Waals surface area contributed by atoms with Gasteiger partial charge in [0.25, 0.3) is 0 Å². The summed E-state index contributed by atoms with van der Waals surface area (Å²) in [7, 11) is 0. The molecule has 0 saturated carbocycles. The van der Waals surface area contributed by atoms with Crippen LogP contribution >= 0.6 is 0 Å². The average molecular weight is 300 g/mol. The summed E-state index contributed by atoms with van der Waals surface area (Å²) in [4.78, 5) is 12.0. The first-order chi connectivity index (χ1) is 10.7. The highest BCUT2D eigenvalue weighted by atomic mass is 16.5. The molecule has 0 aliphatic carbocycles. The van der Waals surface area contributed by atoms with Crippen molar-refractivity contribution in [2.75, 3.05) is 6.61 Å². The maximum atomic E-state index is 12.0. The van der Waals surface area contributed by atoms with E-state index in [1.54, 1.807) is 6.92 Å². The molecule has 2 nitrogen and oxygen atoms in total. The summed E-state index contributed by atoms with van der Waals surface area (Å²) in [5, 5.41) is 0. The zero-order chi connectivity index (χ0) is 16.2. The predicted molar refractivity (Wildman–Crippen MR) is 93.5 cm³/mol. The third-order valence-electron chi connectivity index (χ3n) is 3.75. The normalized spacial score (nSPS) is 13.3. The number of hydrogen-bond donors (Lipinski definition) is 0. The molecule has 2 heteroatoms. The highest BCUT2D eigenvalue weighted by Crippen LogP contribution is 2.13. The molecular formula is C20H28O2. The van der Waals surface area contributed by atoms with E-state index in [9.17, 15) is 4.79 Å². The molecule has 0 aromatic heterocycles. The van der Waals surface area contributed by atoms with Crippen LogP contribution in [0.15, 0.2) is 48.1 Å². The molecule has 0 spiro atoms. The van der Waals surface area contributed by atoms with Gasteiger partial charge in [0.05, 0.1) is 6.61 Å². The van der Waals surface area contributed by atoms with Gasteiger partial charge in [-0.1, -0.05) is 81.7 Å². The van der Waals surface area contributed by atoms with Crippen LogP contribution in [0, 0.1) is 5.92 Å². The topological polar surface area (TPSA) is 26.3 Å². The van der Waals surface area contributed by atoms with Gasteiger partial charge in [0.15, 0.2) is 0 Å². The van der Waals surface area contributed by atoms with E-state index in [0.717, 1.165) is 18.4 Å². The molecule has 0 bridgehead atoms. The third-order valence-corrected chi connectivity index (χ3v) is 3.75. The molecule has 0 aliphatic rings. The van der Waals surface area contributed by atoms with Gasteiger partial charge in [0, 0.05) is 5.57 Å². The molecule has 1 aromatic carbocycles. The Kier molecular flexibility index (Phi) is 8.97. The number of carbonyl (C=O) groups excluding carboxylic acids is 1. The van der Waals surface area contributed by atoms with E-state index in [4.69, 9.17) is 4.74 Å². The molecule has 0 fully saturated rings. The number of allylic oxidation sites excluding steroid dienone is 2. The van der Waals surface area contributed by atoms with Gasteiger partial charge < -0.3 is 4.74 Å². The minimum Gasteiger partial charge on any atom is -0.462 e. The summed E-state index contributed by atoms with van der Waals surface area (Å²) in [5.74, 6) is 0.268. The molecule has 0 heterocycles. The van der Waals surface area contributed by atoms with Gasteiger partial charge in [0.2, 0.25) is 0 Å². The van der Waals surface area contributed by atoms with E-state index in [1.165, 1.54) is 12.8 Å². The van der Waals surface area contributed by atoms with Crippen LogP contribution < -0.4 is 0 Å². The minimum absolute atomic E-state index is 0.215. The van der Waals surface area contributed by atoms with Crippen molar-refractivity contribution in [1.29, 1.82) is 0 Å². The van der Waals surface area contributed by atoms with Gasteiger partial charge in [-0.3, -0.25) is 0 Å². The van der Waals surface area contributed by atoms with E-state index < -0.39 is 0 Å². The van der Waals surface area contributed by atoms with Crippen LogP contribution in [0.5, 0.6) is 0 Å². The van der Waals surface area contributed by atoms with Crippen LogP contribution in [0.25, 0.3) is 6.08 Å². The molecule has 1 atom stereocenters. The lowest BCUT2D eigenvalue weighted by Gasteiger charge is -2.14. The number of hydrogen-bond acceptors (Lipinski definition) is 2. The summed E-state index contributed by atoms with van der Waals surface area (Å²) in [6.45, 7) is 6.66. The zero-order valence-electron chi connectivity index (χ0n) is 14.0. The summed E-state index contributed by atoms with van der Waals surface area (Å²) in [6, 6.07) is 10.0. The Bertz CT molecular complexity index is 486. The molecule has 0 radical (unpaired) electrons. The summed E-state index contributed by atoms with van der Waals surface area (Å²) in [5.41, 5.74) is 1.75. The van der Waals surface area contributed by atoms with E-state index in [-0.39, 0.29) is 5.97 Å². The van der Waals surface area contributed by atoms with Gasteiger partial charge in [-0.2, -0.15) is 0 Å². The first kappa shape index (κ1) is 18.2. The van der Waals surface area contributed by atoms with Crippen LogP contribution in [0.3, 0.4) is 0 Å². The van der Waals surface area contributed by atoms with Crippen LogP contribution in [-0.2, 0) is 9.53 Å². The van der Waals surface area contributed by atoms with E-state index in [2.05, 4.69) is 13.8 Å². The highest BCUT2D eigenvalue weighted by Gasteiger charge is 2.10. The fourth-order valence-electron chi connectivity index (χ4n) is 2.14. The Balaban J connectivity index is 2.43. The fourth-order valence-corrected chi connectivity index (χ4v) is 2.14. The van der Waals surface area contributed by atoms with Gasteiger partial charge in [-0.15, -0.1) is 0 Å². The maximum Gasteiger partial charge on any atom is 0.333 e. The number of benzene rings is 1. The number of rotatable bonds is 9. The highest BCUT2D eigenvalue weighted by molar-refractivity contribution is 5.88. The van der Waals surface area contributed by atoms with Crippen molar-refractivity contribution in [3.63, 3.8) is 0 Å². The Morgan fingerprint density at radius 3 is 2.59 bits per heavy atom. The summed E-state index contributed by atoms with van der Waals surface area (Å²) >= 11 is 0. The fraction of sp³-hybridized carbons (Fsp3) is 0.450.